The van der Waals surface area contributed by atoms with E-state index in [9.17, 15) is 9.59 Å². The van der Waals surface area contributed by atoms with Gasteiger partial charge in [-0.3, -0.25) is 14.9 Å². The maximum Gasteiger partial charge on any atom is 0.253 e. The predicted octanol–water partition coefficient (Wildman–Crippen LogP) is 3.44. The van der Waals surface area contributed by atoms with Crippen LogP contribution >= 0.6 is 12.2 Å². The lowest BCUT2D eigenvalue weighted by molar-refractivity contribution is -0.115. The van der Waals surface area contributed by atoms with E-state index in [0.717, 1.165) is 11.1 Å². The molecule has 0 fully saturated rings. The zero-order valence-corrected chi connectivity index (χ0v) is 15.8. The number of hydrogen-bond donors (Lipinski definition) is 3. The molecule has 0 saturated carbocycles. The van der Waals surface area contributed by atoms with Gasteiger partial charge in [0.15, 0.2) is 5.11 Å². The Morgan fingerprint density at radius 1 is 1.11 bits per heavy atom. The molecule has 0 atom stereocenters. The summed E-state index contributed by atoms with van der Waals surface area (Å²) in [7, 11) is 0. The maximum absolute atomic E-state index is 12.2. The van der Waals surface area contributed by atoms with Gasteiger partial charge < -0.3 is 10.6 Å². The molecule has 0 bridgehead atoms. The smallest absolute Gasteiger partial charge is 0.253 e. The van der Waals surface area contributed by atoms with E-state index in [1.807, 2.05) is 31.2 Å². The summed E-state index contributed by atoms with van der Waals surface area (Å²) in [5.41, 5.74) is 3.00. The molecule has 0 heterocycles. The van der Waals surface area contributed by atoms with Gasteiger partial charge in [0, 0.05) is 12.6 Å². The van der Waals surface area contributed by atoms with Crippen molar-refractivity contribution in [2.24, 2.45) is 0 Å². The normalized spacial score (nSPS) is 10.3. The van der Waals surface area contributed by atoms with E-state index in [2.05, 4.69) is 22.5 Å². The number of para-hydroxylation sites is 1. The summed E-state index contributed by atoms with van der Waals surface area (Å²) >= 11 is 5.17. The van der Waals surface area contributed by atoms with Gasteiger partial charge in [-0.05, 0) is 42.9 Å². The Hall–Kier alpha value is -3.25. The number of aryl methyl sites for hydroxylation is 1. The van der Waals surface area contributed by atoms with Crippen LogP contribution in [0.3, 0.4) is 0 Å². The SMILES string of the molecule is C=CCNC(=O)c1ccccc1NC(=S)NC(=O)/C=C/c1ccc(C)cc1. The van der Waals surface area contributed by atoms with Crippen molar-refractivity contribution < 1.29 is 9.59 Å². The molecule has 2 aromatic rings. The van der Waals surface area contributed by atoms with E-state index in [4.69, 9.17) is 12.2 Å². The number of anilines is 1. The number of hydrogen-bond acceptors (Lipinski definition) is 3. The second-order valence-electron chi connectivity index (χ2n) is 5.73. The third kappa shape index (κ3) is 6.52. The van der Waals surface area contributed by atoms with Gasteiger partial charge in [0.25, 0.3) is 5.91 Å². The molecule has 0 aliphatic rings. The molecule has 3 N–H and O–H groups in total. The highest BCUT2D eigenvalue weighted by Gasteiger charge is 2.11. The first-order valence-electron chi connectivity index (χ1n) is 8.34. The number of benzene rings is 2. The van der Waals surface area contributed by atoms with Crippen LogP contribution in [0, 0.1) is 6.92 Å². The third-order valence-electron chi connectivity index (χ3n) is 3.57. The van der Waals surface area contributed by atoms with Crippen molar-refractivity contribution >= 4 is 40.9 Å². The molecule has 138 valence electrons. The van der Waals surface area contributed by atoms with Crippen LogP contribution in [0.1, 0.15) is 21.5 Å². The molecule has 0 spiro atoms. The van der Waals surface area contributed by atoms with E-state index in [-0.39, 0.29) is 16.9 Å². The lowest BCUT2D eigenvalue weighted by Crippen LogP contribution is -2.34. The summed E-state index contributed by atoms with van der Waals surface area (Å²) in [4.78, 5) is 24.2. The second kappa shape index (κ2) is 10.0. The van der Waals surface area contributed by atoms with Gasteiger partial charge in [-0.2, -0.15) is 0 Å². The van der Waals surface area contributed by atoms with E-state index in [1.54, 1.807) is 36.4 Å². The van der Waals surface area contributed by atoms with E-state index in [1.165, 1.54) is 6.08 Å². The van der Waals surface area contributed by atoms with E-state index in [0.29, 0.717) is 17.8 Å². The highest BCUT2D eigenvalue weighted by Crippen LogP contribution is 2.14. The summed E-state index contributed by atoms with van der Waals surface area (Å²) in [6.07, 6.45) is 4.70. The first kappa shape index (κ1) is 20.1. The highest BCUT2D eigenvalue weighted by molar-refractivity contribution is 7.80. The van der Waals surface area contributed by atoms with Gasteiger partial charge in [-0.25, -0.2) is 0 Å². The number of amides is 2. The Kier molecular flexibility index (Phi) is 7.46. The Morgan fingerprint density at radius 2 is 1.81 bits per heavy atom. The Labute approximate surface area is 164 Å². The van der Waals surface area contributed by atoms with Crippen LogP contribution in [0.4, 0.5) is 5.69 Å². The topological polar surface area (TPSA) is 70.2 Å². The molecule has 27 heavy (non-hydrogen) atoms. The zero-order valence-electron chi connectivity index (χ0n) is 15.0. The molecule has 2 amide bonds. The molecular formula is C21H21N3O2S. The fraction of sp³-hybridized carbons (Fsp3) is 0.0952. The number of rotatable bonds is 6. The lowest BCUT2D eigenvalue weighted by Gasteiger charge is -2.12. The number of carbonyl (C=O) groups excluding carboxylic acids is 2. The second-order valence-corrected chi connectivity index (χ2v) is 6.14. The summed E-state index contributed by atoms with van der Waals surface area (Å²) in [6.45, 7) is 5.93. The van der Waals surface area contributed by atoms with E-state index >= 15 is 0 Å². The molecule has 0 saturated heterocycles. The zero-order chi connectivity index (χ0) is 19.6. The molecule has 2 aromatic carbocycles. The summed E-state index contributed by atoms with van der Waals surface area (Å²) in [6, 6.07) is 14.7. The van der Waals surface area contributed by atoms with Crippen molar-refractivity contribution in [2.75, 3.05) is 11.9 Å². The molecule has 0 aliphatic heterocycles. The van der Waals surface area contributed by atoms with Crippen LogP contribution in [0.5, 0.6) is 0 Å². The summed E-state index contributed by atoms with van der Waals surface area (Å²) < 4.78 is 0. The van der Waals surface area contributed by atoms with Crippen LogP contribution in [-0.2, 0) is 4.79 Å². The van der Waals surface area contributed by atoms with Crippen LogP contribution in [0.15, 0.2) is 67.3 Å². The molecule has 5 nitrogen and oxygen atoms in total. The first-order valence-corrected chi connectivity index (χ1v) is 8.75. The van der Waals surface area contributed by atoms with Crippen molar-refractivity contribution in [3.8, 4) is 0 Å². The fourth-order valence-corrected chi connectivity index (χ4v) is 2.42. The fourth-order valence-electron chi connectivity index (χ4n) is 2.21. The predicted molar refractivity (Wildman–Crippen MR) is 114 cm³/mol. The monoisotopic (exact) mass is 379 g/mol. The van der Waals surface area contributed by atoms with Crippen molar-refractivity contribution in [1.82, 2.24) is 10.6 Å². The van der Waals surface area contributed by atoms with Gasteiger partial charge in [-0.1, -0.05) is 48.0 Å². The van der Waals surface area contributed by atoms with Crippen molar-refractivity contribution in [1.29, 1.82) is 0 Å². The molecule has 0 radical (unpaired) electrons. The summed E-state index contributed by atoms with van der Waals surface area (Å²) in [5, 5.41) is 8.26. The summed E-state index contributed by atoms with van der Waals surface area (Å²) in [5.74, 6) is -0.618. The van der Waals surface area contributed by atoms with E-state index < -0.39 is 0 Å². The van der Waals surface area contributed by atoms with Gasteiger partial charge in [0.2, 0.25) is 5.91 Å². The quantitative estimate of drug-likeness (QED) is 0.409. The lowest BCUT2D eigenvalue weighted by atomic mass is 10.1. The number of thiocarbonyl (C=S) groups is 1. The first-order chi connectivity index (χ1) is 13.0. The minimum atomic E-state index is -0.360. The average Bonchev–Trinajstić information content (AvgIpc) is 2.66. The number of carbonyl (C=O) groups is 2. The molecule has 0 unspecified atom stereocenters. The Bertz CT molecular complexity index is 873. The van der Waals surface area contributed by atoms with Crippen LogP contribution < -0.4 is 16.0 Å². The van der Waals surface area contributed by atoms with Crippen molar-refractivity contribution in [3.05, 3.63) is 84.0 Å². The van der Waals surface area contributed by atoms with Crippen molar-refractivity contribution in [2.45, 2.75) is 6.92 Å². The molecular weight excluding hydrogens is 358 g/mol. The van der Waals surface area contributed by atoms with Crippen LogP contribution in [-0.4, -0.2) is 23.5 Å². The van der Waals surface area contributed by atoms with Crippen molar-refractivity contribution in [3.63, 3.8) is 0 Å². The maximum atomic E-state index is 12.2. The largest absolute Gasteiger partial charge is 0.349 e. The van der Waals surface area contributed by atoms with Gasteiger partial charge in [-0.15, -0.1) is 6.58 Å². The highest BCUT2D eigenvalue weighted by atomic mass is 32.1. The minimum absolute atomic E-state index is 0.109. The Morgan fingerprint density at radius 3 is 2.52 bits per heavy atom. The average molecular weight is 379 g/mol. The van der Waals surface area contributed by atoms with Gasteiger partial charge in [0.05, 0.1) is 11.3 Å². The number of nitrogens with one attached hydrogen (secondary N) is 3. The minimum Gasteiger partial charge on any atom is -0.349 e. The molecule has 2 rings (SSSR count). The molecule has 0 aromatic heterocycles. The molecule has 0 aliphatic carbocycles. The van der Waals surface area contributed by atoms with Gasteiger partial charge >= 0.3 is 0 Å². The third-order valence-corrected chi connectivity index (χ3v) is 3.77. The van der Waals surface area contributed by atoms with Crippen LogP contribution in [0.2, 0.25) is 0 Å². The van der Waals surface area contributed by atoms with Crippen LogP contribution in [0.25, 0.3) is 6.08 Å². The Balaban J connectivity index is 1.97. The van der Waals surface area contributed by atoms with Gasteiger partial charge in [0.1, 0.15) is 0 Å². The molecule has 6 heteroatoms. The standard InChI is InChI=1S/C21H21N3O2S/c1-3-14-22-20(26)17-6-4-5-7-18(17)23-21(27)24-19(25)13-12-16-10-8-15(2)9-11-16/h3-13H,1,14H2,2H3,(H,22,26)(H2,23,24,25,27)/b13-12+.